The summed E-state index contributed by atoms with van der Waals surface area (Å²) in [5, 5.41) is 13.7. The lowest BCUT2D eigenvalue weighted by molar-refractivity contribution is -0.384. The Morgan fingerprint density at radius 2 is 1.91 bits per heavy atom. The number of para-hydroxylation sites is 2. The molecule has 0 saturated heterocycles. The number of anilines is 2. The van der Waals surface area contributed by atoms with Gasteiger partial charge in [0.15, 0.2) is 0 Å². The fraction of sp³-hybridized carbons (Fsp3) is 0.130. The second-order valence-electron chi connectivity index (χ2n) is 7.59. The van der Waals surface area contributed by atoms with Gasteiger partial charge in [0, 0.05) is 24.0 Å². The van der Waals surface area contributed by atoms with E-state index in [4.69, 9.17) is 0 Å². The molecule has 1 N–H and O–H groups in total. The van der Waals surface area contributed by atoms with E-state index in [9.17, 15) is 19.7 Å². The minimum Gasteiger partial charge on any atom is -0.326 e. The van der Waals surface area contributed by atoms with Crippen LogP contribution in [0.4, 0.5) is 17.3 Å². The van der Waals surface area contributed by atoms with Crippen molar-refractivity contribution in [2.75, 3.05) is 10.2 Å². The Morgan fingerprint density at radius 3 is 2.70 bits per heavy atom. The van der Waals surface area contributed by atoms with Gasteiger partial charge in [-0.3, -0.25) is 34.2 Å². The van der Waals surface area contributed by atoms with E-state index in [1.54, 1.807) is 22.9 Å². The molecule has 1 atom stereocenters. The van der Waals surface area contributed by atoms with Gasteiger partial charge >= 0.3 is 0 Å². The molecule has 3 heterocycles. The van der Waals surface area contributed by atoms with Crippen LogP contribution in [0.3, 0.4) is 0 Å². The van der Waals surface area contributed by atoms with Crippen molar-refractivity contribution in [3.63, 3.8) is 0 Å². The molecular formula is C23H18N6O4. The second kappa shape index (κ2) is 8.15. The minimum absolute atomic E-state index is 0.130. The van der Waals surface area contributed by atoms with Gasteiger partial charge in [-0.2, -0.15) is 0 Å². The Morgan fingerprint density at radius 1 is 1.09 bits per heavy atom. The van der Waals surface area contributed by atoms with E-state index in [0.717, 1.165) is 11.0 Å². The monoisotopic (exact) mass is 442 g/mol. The van der Waals surface area contributed by atoms with E-state index in [1.807, 2.05) is 36.4 Å². The fourth-order valence-electron chi connectivity index (χ4n) is 3.98. The van der Waals surface area contributed by atoms with Crippen molar-refractivity contribution in [1.29, 1.82) is 0 Å². The average Bonchev–Trinajstić information content (AvgIpc) is 3.30. The lowest BCUT2D eigenvalue weighted by atomic mass is 10.1. The third-order valence-corrected chi connectivity index (χ3v) is 5.45. The van der Waals surface area contributed by atoms with Crippen LogP contribution in [0.2, 0.25) is 0 Å². The summed E-state index contributed by atoms with van der Waals surface area (Å²) in [4.78, 5) is 47.1. The number of non-ortho nitro benzene ring substituents is 1. The molecule has 0 fully saturated rings. The average molecular weight is 442 g/mol. The molecular weight excluding hydrogens is 424 g/mol. The van der Waals surface area contributed by atoms with Crippen LogP contribution < -0.4 is 10.2 Å². The summed E-state index contributed by atoms with van der Waals surface area (Å²) >= 11 is 0. The van der Waals surface area contributed by atoms with E-state index in [0.29, 0.717) is 17.3 Å². The van der Waals surface area contributed by atoms with E-state index < -0.39 is 16.9 Å². The zero-order chi connectivity index (χ0) is 22.9. The molecule has 0 saturated carbocycles. The highest BCUT2D eigenvalue weighted by Gasteiger charge is 2.41. The van der Waals surface area contributed by atoms with Crippen molar-refractivity contribution in [2.45, 2.75) is 19.0 Å². The Balaban J connectivity index is 1.45. The van der Waals surface area contributed by atoms with Gasteiger partial charge in [0.05, 0.1) is 34.6 Å². The number of nitro benzene ring substituents is 1. The summed E-state index contributed by atoms with van der Waals surface area (Å²) in [6.45, 7) is 0.228. The standard InChI is InChI=1S/C23H18N6O4/c30-21(25-15-7-5-8-17(12-15)29(32)33)13-20-22(31)27(14-16-6-3-4-11-24-16)23-26-18-9-1-2-10-19(18)28(20)23/h1-12,20H,13-14H2,(H,25,30). The van der Waals surface area contributed by atoms with Crippen molar-refractivity contribution >= 4 is 40.2 Å². The maximum absolute atomic E-state index is 13.4. The van der Waals surface area contributed by atoms with E-state index in [-0.39, 0.29) is 24.6 Å². The van der Waals surface area contributed by atoms with Gasteiger partial charge in [0.2, 0.25) is 11.9 Å². The second-order valence-corrected chi connectivity index (χ2v) is 7.59. The number of hydrogen-bond acceptors (Lipinski definition) is 6. The molecule has 0 bridgehead atoms. The third kappa shape index (κ3) is 3.78. The summed E-state index contributed by atoms with van der Waals surface area (Å²) in [6, 6.07) is 17.8. The molecule has 2 amide bonds. The molecule has 10 nitrogen and oxygen atoms in total. The summed E-state index contributed by atoms with van der Waals surface area (Å²) < 4.78 is 1.77. The Labute approximate surface area is 187 Å². The van der Waals surface area contributed by atoms with Crippen molar-refractivity contribution < 1.29 is 14.5 Å². The number of amides is 2. The lowest BCUT2D eigenvalue weighted by Gasteiger charge is -2.15. The SMILES string of the molecule is O=C(CC1C(=O)N(Cc2ccccn2)c2nc3ccccc3n21)Nc1cccc([N+](=O)[O-])c1. The molecule has 164 valence electrons. The molecule has 1 aliphatic heterocycles. The van der Waals surface area contributed by atoms with Gasteiger partial charge in [-0.15, -0.1) is 0 Å². The maximum Gasteiger partial charge on any atom is 0.271 e. The zero-order valence-corrected chi connectivity index (χ0v) is 17.3. The number of benzene rings is 2. The molecule has 0 spiro atoms. The number of nitro groups is 1. The number of rotatable bonds is 6. The van der Waals surface area contributed by atoms with Crippen LogP contribution in [-0.4, -0.2) is 31.3 Å². The maximum atomic E-state index is 13.4. The minimum atomic E-state index is -0.796. The number of hydrogen-bond donors (Lipinski definition) is 1. The summed E-state index contributed by atoms with van der Waals surface area (Å²) in [7, 11) is 0. The first-order valence-corrected chi connectivity index (χ1v) is 10.2. The van der Waals surface area contributed by atoms with Crippen molar-refractivity contribution in [2.24, 2.45) is 0 Å². The van der Waals surface area contributed by atoms with E-state index in [1.165, 1.54) is 23.1 Å². The highest BCUT2D eigenvalue weighted by Crippen LogP contribution is 2.37. The number of aromatic nitrogens is 3. The van der Waals surface area contributed by atoms with Crippen LogP contribution in [0.1, 0.15) is 18.2 Å². The van der Waals surface area contributed by atoms with Gasteiger partial charge < -0.3 is 5.32 Å². The molecule has 0 radical (unpaired) electrons. The molecule has 1 aliphatic rings. The molecule has 0 aliphatic carbocycles. The van der Waals surface area contributed by atoms with Crippen LogP contribution in [-0.2, 0) is 16.1 Å². The number of carbonyl (C=O) groups is 2. The lowest BCUT2D eigenvalue weighted by Crippen LogP contribution is -2.31. The zero-order valence-electron chi connectivity index (χ0n) is 17.3. The van der Waals surface area contributed by atoms with Crippen LogP contribution in [0.15, 0.2) is 72.9 Å². The highest BCUT2D eigenvalue weighted by molar-refractivity contribution is 6.05. The van der Waals surface area contributed by atoms with Crippen LogP contribution >= 0.6 is 0 Å². The smallest absolute Gasteiger partial charge is 0.271 e. The molecule has 10 heteroatoms. The Kier molecular flexibility index (Phi) is 5.02. The van der Waals surface area contributed by atoms with E-state index >= 15 is 0 Å². The summed E-state index contributed by atoms with van der Waals surface area (Å²) in [5.41, 5.74) is 2.33. The quantitative estimate of drug-likeness (QED) is 0.360. The van der Waals surface area contributed by atoms with Crippen molar-refractivity contribution in [1.82, 2.24) is 14.5 Å². The first kappa shape index (κ1) is 20.3. The normalized spacial score (nSPS) is 15.0. The van der Waals surface area contributed by atoms with Gasteiger partial charge in [-0.25, -0.2) is 4.98 Å². The third-order valence-electron chi connectivity index (χ3n) is 5.45. The predicted molar refractivity (Wildman–Crippen MR) is 121 cm³/mol. The first-order valence-electron chi connectivity index (χ1n) is 10.2. The first-order chi connectivity index (χ1) is 16.0. The van der Waals surface area contributed by atoms with Crippen molar-refractivity contribution in [3.05, 3.63) is 88.7 Å². The molecule has 1 unspecified atom stereocenters. The van der Waals surface area contributed by atoms with Crippen molar-refractivity contribution in [3.8, 4) is 0 Å². The Bertz CT molecular complexity index is 1380. The molecule has 2 aromatic heterocycles. The molecule has 5 rings (SSSR count). The number of nitrogens with zero attached hydrogens (tertiary/aromatic N) is 5. The number of nitrogens with one attached hydrogen (secondary N) is 1. The molecule has 4 aromatic rings. The number of pyridine rings is 1. The number of fused-ring (bicyclic) bond motifs is 3. The Hall–Kier alpha value is -4.60. The topological polar surface area (TPSA) is 123 Å². The van der Waals surface area contributed by atoms with Crippen LogP contribution in [0, 0.1) is 10.1 Å². The largest absolute Gasteiger partial charge is 0.326 e. The molecule has 2 aromatic carbocycles. The van der Waals surface area contributed by atoms with Gasteiger partial charge in [0.25, 0.3) is 11.6 Å². The summed E-state index contributed by atoms with van der Waals surface area (Å²) in [5.74, 6) is -0.236. The van der Waals surface area contributed by atoms with E-state index in [2.05, 4.69) is 15.3 Å². The fourth-order valence-corrected chi connectivity index (χ4v) is 3.98. The highest BCUT2D eigenvalue weighted by atomic mass is 16.6. The summed E-state index contributed by atoms with van der Waals surface area (Å²) in [6.07, 6.45) is 1.51. The predicted octanol–water partition coefficient (Wildman–Crippen LogP) is 3.46. The van der Waals surface area contributed by atoms with Gasteiger partial charge in [0.1, 0.15) is 6.04 Å². The van der Waals surface area contributed by atoms with Crippen LogP contribution in [0.25, 0.3) is 11.0 Å². The number of carbonyl (C=O) groups excluding carboxylic acids is 2. The number of imidazole rings is 1. The van der Waals surface area contributed by atoms with Gasteiger partial charge in [-0.1, -0.05) is 24.3 Å². The van der Waals surface area contributed by atoms with Gasteiger partial charge in [-0.05, 0) is 30.3 Å². The van der Waals surface area contributed by atoms with Crippen LogP contribution in [0.5, 0.6) is 0 Å². The molecule has 33 heavy (non-hydrogen) atoms.